The van der Waals surface area contributed by atoms with E-state index in [9.17, 15) is 4.21 Å². The summed E-state index contributed by atoms with van der Waals surface area (Å²) in [5.74, 6) is 1.63. The maximum atomic E-state index is 12.1. The maximum Gasteiger partial charge on any atom is 0.191 e. The number of nitrogens with zero attached hydrogens (tertiary/aromatic N) is 1. The summed E-state index contributed by atoms with van der Waals surface area (Å²) in [4.78, 5) is 4.73. The molecule has 0 saturated heterocycles. The van der Waals surface area contributed by atoms with Gasteiger partial charge >= 0.3 is 0 Å². The smallest absolute Gasteiger partial charge is 0.191 e. The van der Waals surface area contributed by atoms with Gasteiger partial charge in [-0.05, 0) is 38.7 Å². The lowest BCUT2D eigenvalue weighted by Gasteiger charge is -2.30. The average molecular weight is 350 g/mol. The van der Waals surface area contributed by atoms with Crippen LogP contribution in [0, 0.1) is 6.92 Å². The van der Waals surface area contributed by atoms with Crippen molar-refractivity contribution in [2.75, 3.05) is 12.3 Å². The van der Waals surface area contributed by atoms with Gasteiger partial charge in [0.15, 0.2) is 5.96 Å². The number of hydrogen-bond donors (Lipinski definition) is 2. The van der Waals surface area contributed by atoms with Crippen molar-refractivity contribution in [3.05, 3.63) is 35.4 Å². The lowest BCUT2D eigenvalue weighted by atomic mass is 9.95. The van der Waals surface area contributed by atoms with E-state index in [4.69, 9.17) is 4.99 Å². The standard InChI is InChI=1S/C19H31N3OS/c1-4-20-19(21-14-16-9-6-8-15(3)12-16)22-17-10-7-11-18(13-17)24(23)5-2/h6,8-9,12,17-18H,4-5,7,10-11,13-14H2,1-3H3,(H2,20,21,22). The lowest BCUT2D eigenvalue weighted by molar-refractivity contribution is 0.413. The molecule has 0 aliphatic heterocycles. The van der Waals surface area contributed by atoms with Gasteiger partial charge in [-0.3, -0.25) is 4.21 Å². The minimum Gasteiger partial charge on any atom is -0.357 e. The molecule has 0 bridgehead atoms. The monoisotopic (exact) mass is 349 g/mol. The van der Waals surface area contributed by atoms with Gasteiger partial charge in [0.05, 0.1) is 6.54 Å². The molecule has 134 valence electrons. The SMILES string of the molecule is CCNC(=NCc1cccc(C)c1)NC1CCCC(S(=O)CC)C1. The number of guanidine groups is 1. The van der Waals surface area contributed by atoms with Gasteiger partial charge in [-0.15, -0.1) is 0 Å². The molecule has 24 heavy (non-hydrogen) atoms. The van der Waals surface area contributed by atoms with Crippen LogP contribution in [0.3, 0.4) is 0 Å². The molecule has 2 N–H and O–H groups in total. The van der Waals surface area contributed by atoms with E-state index in [1.54, 1.807) is 0 Å². The number of benzene rings is 1. The summed E-state index contributed by atoms with van der Waals surface area (Å²) >= 11 is 0. The third-order valence-corrected chi connectivity index (χ3v) is 6.21. The topological polar surface area (TPSA) is 53.5 Å². The van der Waals surface area contributed by atoms with Crippen LogP contribution in [0.4, 0.5) is 0 Å². The Morgan fingerprint density at radius 2 is 2.17 bits per heavy atom. The van der Waals surface area contributed by atoms with Crippen molar-refractivity contribution < 1.29 is 4.21 Å². The summed E-state index contributed by atoms with van der Waals surface area (Å²) in [6, 6.07) is 8.84. The molecule has 1 saturated carbocycles. The highest BCUT2D eigenvalue weighted by Gasteiger charge is 2.25. The van der Waals surface area contributed by atoms with Gasteiger partial charge in [0.1, 0.15) is 0 Å². The molecule has 3 unspecified atom stereocenters. The predicted octanol–water partition coefficient (Wildman–Crippen LogP) is 3.13. The van der Waals surface area contributed by atoms with Crippen molar-refractivity contribution in [3.63, 3.8) is 0 Å². The summed E-state index contributed by atoms with van der Waals surface area (Å²) < 4.78 is 12.1. The van der Waals surface area contributed by atoms with E-state index >= 15 is 0 Å². The normalized spacial score (nSPS) is 22.9. The van der Waals surface area contributed by atoms with E-state index in [0.29, 0.717) is 17.8 Å². The summed E-state index contributed by atoms with van der Waals surface area (Å²) in [5.41, 5.74) is 2.48. The molecule has 2 rings (SSSR count). The van der Waals surface area contributed by atoms with Crippen LogP contribution in [0.1, 0.15) is 50.7 Å². The minimum absolute atomic E-state index is 0.334. The van der Waals surface area contributed by atoms with Crippen LogP contribution in [-0.4, -0.2) is 33.8 Å². The van der Waals surface area contributed by atoms with E-state index < -0.39 is 10.8 Å². The molecule has 0 amide bonds. The first-order chi connectivity index (χ1) is 11.6. The minimum atomic E-state index is -0.689. The first-order valence-corrected chi connectivity index (χ1v) is 10.5. The zero-order chi connectivity index (χ0) is 17.4. The Kier molecular flexibility index (Phi) is 7.76. The fraction of sp³-hybridized carbons (Fsp3) is 0.632. The van der Waals surface area contributed by atoms with Crippen molar-refractivity contribution >= 4 is 16.8 Å². The summed E-state index contributed by atoms with van der Waals surface area (Å²) in [6.07, 6.45) is 4.35. The second kappa shape index (κ2) is 9.82. The molecule has 3 atom stereocenters. The number of nitrogens with one attached hydrogen (secondary N) is 2. The van der Waals surface area contributed by atoms with Crippen LogP contribution < -0.4 is 10.6 Å². The summed E-state index contributed by atoms with van der Waals surface area (Å²) in [7, 11) is -0.689. The van der Waals surface area contributed by atoms with Crippen molar-refractivity contribution in [2.24, 2.45) is 4.99 Å². The van der Waals surface area contributed by atoms with E-state index in [1.807, 2.05) is 6.92 Å². The quantitative estimate of drug-likeness (QED) is 0.613. The highest BCUT2D eigenvalue weighted by molar-refractivity contribution is 7.85. The van der Waals surface area contributed by atoms with Gasteiger partial charge in [-0.1, -0.05) is 43.2 Å². The third kappa shape index (κ3) is 5.93. The zero-order valence-electron chi connectivity index (χ0n) is 15.2. The van der Waals surface area contributed by atoms with Gasteiger partial charge in [0.2, 0.25) is 0 Å². The Bertz CT molecular complexity index is 573. The average Bonchev–Trinajstić information content (AvgIpc) is 2.59. The fourth-order valence-corrected chi connectivity index (χ4v) is 4.59. The van der Waals surface area contributed by atoms with E-state index in [-0.39, 0.29) is 0 Å². The number of hydrogen-bond acceptors (Lipinski definition) is 2. The highest BCUT2D eigenvalue weighted by Crippen LogP contribution is 2.23. The van der Waals surface area contributed by atoms with Gasteiger partial charge in [0, 0.05) is 34.4 Å². The molecule has 0 radical (unpaired) electrons. The third-order valence-electron chi connectivity index (χ3n) is 4.47. The molecule has 1 aromatic rings. The van der Waals surface area contributed by atoms with E-state index in [2.05, 4.69) is 48.7 Å². The number of aryl methyl sites for hydroxylation is 1. The molecular formula is C19H31N3OS. The number of rotatable bonds is 6. The summed E-state index contributed by atoms with van der Waals surface area (Å²) in [6.45, 7) is 7.72. The summed E-state index contributed by atoms with van der Waals surface area (Å²) in [5, 5.41) is 7.23. The van der Waals surface area contributed by atoms with Crippen molar-refractivity contribution in [1.82, 2.24) is 10.6 Å². The molecule has 0 heterocycles. The van der Waals surface area contributed by atoms with Gasteiger partial charge in [0.25, 0.3) is 0 Å². The first kappa shape index (κ1) is 19.0. The highest BCUT2D eigenvalue weighted by atomic mass is 32.2. The Morgan fingerprint density at radius 3 is 2.88 bits per heavy atom. The first-order valence-electron chi connectivity index (χ1n) is 9.10. The van der Waals surface area contributed by atoms with Crippen molar-refractivity contribution in [2.45, 2.75) is 64.3 Å². The van der Waals surface area contributed by atoms with Crippen LogP contribution in [0.5, 0.6) is 0 Å². The molecule has 1 aliphatic rings. The van der Waals surface area contributed by atoms with Crippen LogP contribution in [0.15, 0.2) is 29.3 Å². The molecule has 0 aromatic heterocycles. The lowest BCUT2D eigenvalue weighted by Crippen LogP contribution is -2.46. The largest absolute Gasteiger partial charge is 0.357 e. The molecule has 0 spiro atoms. The second-order valence-corrected chi connectivity index (χ2v) is 8.49. The van der Waals surface area contributed by atoms with Gasteiger partial charge in [-0.2, -0.15) is 0 Å². The van der Waals surface area contributed by atoms with E-state index in [1.165, 1.54) is 11.1 Å². The molecule has 5 heteroatoms. The molecule has 1 aromatic carbocycles. The van der Waals surface area contributed by atoms with Crippen molar-refractivity contribution in [3.8, 4) is 0 Å². The van der Waals surface area contributed by atoms with Crippen LogP contribution in [0.25, 0.3) is 0 Å². The number of aliphatic imine (C=N–C) groups is 1. The van der Waals surface area contributed by atoms with Crippen LogP contribution in [0.2, 0.25) is 0 Å². The van der Waals surface area contributed by atoms with E-state index in [0.717, 1.165) is 43.9 Å². The zero-order valence-corrected chi connectivity index (χ0v) is 16.0. The molecule has 1 fully saturated rings. The predicted molar refractivity (Wildman–Crippen MR) is 104 cm³/mol. The van der Waals surface area contributed by atoms with Gasteiger partial charge in [-0.25, -0.2) is 4.99 Å². The Balaban J connectivity index is 1.97. The Morgan fingerprint density at radius 1 is 1.33 bits per heavy atom. The van der Waals surface area contributed by atoms with Crippen LogP contribution >= 0.6 is 0 Å². The fourth-order valence-electron chi connectivity index (χ4n) is 3.24. The maximum absolute atomic E-state index is 12.1. The van der Waals surface area contributed by atoms with Gasteiger partial charge < -0.3 is 10.6 Å². The van der Waals surface area contributed by atoms with Crippen molar-refractivity contribution in [1.29, 1.82) is 0 Å². The second-order valence-electron chi connectivity index (χ2n) is 6.48. The Labute approximate surface area is 149 Å². The molecule has 1 aliphatic carbocycles. The molecule has 4 nitrogen and oxygen atoms in total. The molecular weight excluding hydrogens is 318 g/mol. The Hall–Kier alpha value is -1.36. The van der Waals surface area contributed by atoms with Crippen LogP contribution in [-0.2, 0) is 17.3 Å².